The molecule has 0 fully saturated rings. The lowest BCUT2D eigenvalue weighted by Gasteiger charge is -2.04. The topological polar surface area (TPSA) is 80.9 Å². The third-order valence-corrected chi connectivity index (χ3v) is 4.41. The van der Waals surface area contributed by atoms with E-state index in [0.717, 1.165) is 10.0 Å². The average Bonchev–Trinajstić information content (AvgIpc) is 3.18. The van der Waals surface area contributed by atoms with Crippen molar-refractivity contribution in [3.05, 3.63) is 82.0 Å². The van der Waals surface area contributed by atoms with Crippen molar-refractivity contribution < 1.29 is 18.7 Å². The zero-order valence-corrected chi connectivity index (χ0v) is 16.6. The van der Waals surface area contributed by atoms with Crippen molar-refractivity contribution in [1.29, 1.82) is 0 Å². The van der Waals surface area contributed by atoms with Crippen LogP contribution in [0.25, 0.3) is 11.3 Å². The van der Waals surface area contributed by atoms with Gasteiger partial charge in [0, 0.05) is 10.0 Å². The minimum atomic E-state index is -0.442. The molecule has 0 aliphatic heterocycles. The molecule has 0 radical (unpaired) electrons. The maximum atomic E-state index is 11.9. The summed E-state index contributed by atoms with van der Waals surface area (Å²) in [7, 11) is 1.33. The lowest BCUT2D eigenvalue weighted by molar-refractivity contribution is -0.120. The Morgan fingerprint density at radius 2 is 1.86 bits per heavy atom. The summed E-state index contributed by atoms with van der Waals surface area (Å²) in [5.74, 6) is 0.270. The summed E-state index contributed by atoms with van der Waals surface area (Å²) in [4.78, 5) is 23.8. The number of halogens is 1. The van der Waals surface area contributed by atoms with Gasteiger partial charge in [-0.15, -0.1) is 0 Å². The Morgan fingerprint density at radius 3 is 2.61 bits per heavy atom. The second kappa shape index (κ2) is 9.14. The second-order valence-electron chi connectivity index (χ2n) is 5.84. The molecule has 3 aromatic rings. The SMILES string of the molecule is COC(=O)c1ccccc1-c1ccc(/C=N/NC(=O)Cc2ccc(Br)cc2)o1. The van der Waals surface area contributed by atoms with Gasteiger partial charge in [-0.25, -0.2) is 10.2 Å². The van der Waals surface area contributed by atoms with Gasteiger partial charge in [0.05, 0.1) is 25.3 Å². The van der Waals surface area contributed by atoms with Crippen LogP contribution in [0.15, 0.2) is 74.7 Å². The minimum Gasteiger partial charge on any atom is -0.465 e. The Morgan fingerprint density at radius 1 is 1.11 bits per heavy atom. The summed E-state index contributed by atoms with van der Waals surface area (Å²) in [6, 6.07) is 17.9. The Hall–Kier alpha value is -3.19. The molecule has 6 nitrogen and oxygen atoms in total. The molecular formula is C21H17BrN2O4. The van der Waals surface area contributed by atoms with Crippen molar-refractivity contribution in [2.75, 3.05) is 7.11 Å². The highest BCUT2D eigenvalue weighted by atomic mass is 79.9. The van der Waals surface area contributed by atoms with Crippen LogP contribution in [0, 0.1) is 0 Å². The smallest absolute Gasteiger partial charge is 0.338 e. The number of furan rings is 1. The number of benzene rings is 2. The Kier molecular flexibility index (Phi) is 6.39. The first-order chi connectivity index (χ1) is 13.6. The molecule has 142 valence electrons. The van der Waals surface area contributed by atoms with E-state index in [1.165, 1.54) is 13.3 Å². The molecule has 1 heterocycles. The number of ether oxygens (including phenoxy) is 1. The summed E-state index contributed by atoms with van der Waals surface area (Å²) in [6.45, 7) is 0. The maximum Gasteiger partial charge on any atom is 0.338 e. The largest absolute Gasteiger partial charge is 0.465 e. The van der Waals surface area contributed by atoms with Crippen LogP contribution in [0.2, 0.25) is 0 Å². The summed E-state index contributed by atoms with van der Waals surface area (Å²) in [5.41, 5.74) is 4.38. The van der Waals surface area contributed by atoms with Gasteiger partial charge in [-0.3, -0.25) is 4.79 Å². The van der Waals surface area contributed by atoms with Crippen LogP contribution in [-0.2, 0) is 16.0 Å². The van der Waals surface area contributed by atoms with Crippen LogP contribution in [0.1, 0.15) is 21.7 Å². The number of nitrogens with one attached hydrogen (secondary N) is 1. The molecule has 0 atom stereocenters. The Labute approximate surface area is 170 Å². The summed E-state index contributed by atoms with van der Waals surface area (Å²) < 4.78 is 11.5. The van der Waals surface area contributed by atoms with E-state index in [1.54, 1.807) is 36.4 Å². The van der Waals surface area contributed by atoms with Crippen LogP contribution in [0.3, 0.4) is 0 Å². The molecule has 0 aliphatic rings. The Balaban J connectivity index is 1.64. The van der Waals surface area contributed by atoms with E-state index in [-0.39, 0.29) is 12.3 Å². The number of carbonyl (C=O) groups excluding carboxylic acids is 2. The number of esters is 1. The highest BCUT2D eigenvalue weighted by molar-refractivity contribution is 9.10. The Bertz CT molecular complexity index is 1010. The summed E-state index contributed by atoms with van der Waals surface area (Å²) >= 11 is 3.35. The molecule has 28 heavy (non-hydrogen) atoms. The van der Waals surface area contributed by atoms with E-state index < -0.39 is 5.97 Å². The molecule has 7 heteroatoms. The molecule has 1 aromatic heterocycles. The van der Waals surface area contributed by atoms with Gasteiger partial charge in [-0.1, -0.05) is 46.3 Å². The van der Waals surface area contributed by atoms with E-state index in [9.17, 15) is 9.59 Å². The molecular weight excluding hydrogens is 424 g/mol. The van der Waals surface area contributed by atoms with Crippen molar-refractivity contribution in [2.45, 2.75) is 6.42 Å². The molecule has 1 amide bonds. The van der Waals surface area contributed by atoms with E-state index >= 15 is 0 Å². The molecule has 0 unspecified atom stereocenters. The van der Waals surface area contributed by atoms with E-state index in [4.69, 9.17) is 9.15 Å². The highest BCUT2D eigenvalue weighted by Crippen LogP contribution is 2.26. The first kappa shape index (κ1) is 19.6. The van der Waals surface area contributed by atoms with Gasteiger partial charge in [0.2, 0.25) is 5.91 Å². The van der Waals surface area contributed by atoms with Crippen molar-refractivity contribution in [3.63, 3.8) is 0 Å². The van der Waals surface area contributed by atoms with Crippen molar-refractivity contribution in [1.82, 2.24) is 5.43 Å². The van der Waals surface area contributed by atoms with Gasteiger partial charge in [-0.05, 0) is 35.9 Å². The number of methoxy groups -OCH3 is 1. The maximum absolute atomic E-state index is 11.9. The van der Waals surface area contributed by atoms with Crippen LogP contribution in [-0.4, -0.2) is 25.2 Å². The van der Waals surface area contributed by atoms with Gasteiger partial charge >= 0.3 is 5.97 Å². The van der Waals surface area contributed by atoms with Gasteiger partial charge in [0.15, 0.2) is 0 Å². The van der Waals surface area contributed by atoms with Gasteiger partial charge in [0.25, 0.3) is 0 Å². The van der Waals surface area contributed by atoms with E-state index in [1.807, 2.05) is 24.3 Å². The number of hydrazone groups is 1. The zero-order valence-electron chi connectivity index (χ0n) is 15.0. The van der Waals surface area contributed by atoms with Crippen molar-refractivity contribution in [2.24, 2.45) is 5.10 Å². The monoisotopic (exact) mass is 440 g/mol. The highest BCUT2D eigenvalue weighted by Gasteiger charge is 2.15. The zero-order chi connectivity index (χ0) is 19.9. The van der Waals surface area contributed by atoms with E-state index in [2.05, 4.69) is 26.5 Å². The third-order valence-electron chi connectivity index (χ3n) is 3.88. The van der Waals surface area contributed by atoms with Gasteiger partial charge in [-0.2, -0.15) is 5.10 Å². The number of carbonyl (C=O) groups is 2. The second-order valence-corrected chi connectivity index (χ2v) is 6.75. The summed E-state index contributed by atoms with van der Waals surface area (Å²) in [6.07, 6.45) is 1.63. The third kappa shape index (κ3) is 4.95. The first-order valence-electron chi connectivity index (χ1n) is 8.40. The molecule has 0 saturated carbocycles. The normalized spacial score (nSPS) is 10.8. The fourth-order valence-corrected chi connectivity index (χ4v) is 2.81. The molecule has 0 aliphatic carbocycles. The predicted molar refractivity (Wildman–Crippen MR) is 109 cm³/mol. The average molecular weight is 441 g/mol. The van der Waals surface area contributed by atoms with Crippen LogP contribution < -0.4 is 5.43 Å². The fraction of sp³-hybridized carbons (Fsp3) is 0.0952. The van der Waals surface area contributed by atoms with Gasteiger partial charge < -0.3 is 9.15 Å². The van der Waals surface area contributed by atoms with E-state index in [0.29, 0.717) is 22.6 Å². The number of hydrogen-bond acceptors (Lipinski definition) is 5. The quantitative estimate of drug-likeness (QED) is 0.354. The molecule has 3 rings (SSSR count). The van der Waals surface area contributed by atoms with Gasteiger partial charge in [0.1, 0.15) is 11.5 Å². The van der Waals surface area contributed by atoms with Crippen LogP contribution in [0.4, 0.5) is 0 Å². The van der Waals surface area contributed by atoms with Crippen molar-refractivity contribution >= 4 is 34.0 Å². The number of amides is 1. The summed E-state index contributed by atoms with van der Waals surface area (Å²) in [5, 5.41) is 3.92. The number of hydrogen-bond donors (Lipinski definition) is 1. The minimum absolute atomic E-state index is 0.223. The molecule has 0 spiro atoms. The fourth-order valence-electron chi connectivity index (χ4n) is 2.55. The van der Waals surface area contributed by atoms with Crippen molar-refractivity contribution in [3.8, 4) is 11.3 Å². The molecule has 1 N–H and O–H groups in total. The lowest BCUT2D eigenvalue weighted by Crippen LogP contribution is -2.19. The standard InChI is InChI=1S/C21H17BrN2O4/c1-27-21(26)18-5-3-2-4-17(18)19-11-10-16(28-19)13-23-24-20(25)12-14-6-8-15(22)9-7-14/h2-11,13H,12H2,1H3,(H,24,25)/b23-13+. The molecule has 0 saturated heterocycles. The molecule has 0 bridgehead atoms. The van der Waals surface area contributed by atoms with Crippen LogP contribution >= 0.6 is 15.9 Å². The number of nitrogens with zero attached hydrogens (tertiary/aromatic N) is 1. The first-order valence-corrected chi connectivity index (χ1v) is 9.20. The number of rotatable bonds is 6. The lowest BCUT2D eigenvalue weighted by atomic mass is 10.1. The van der Waals surface area contributed by atoms with Crippen LogP contribution in [0.5, 0.6) is 0 Å². The predicted octanol–water partition coefficient (Wildman–Crippen LogP) is 4.19. The molecule has 2 aromatic carbocycles.